The average molecular weight is 287 g/mol. The lowest BCUT2D eigenvalue weighted by atomic mass is 10.4. The molecule has 80 valence electrons. The van der Waals surface area contributed by atoms with E-state index in [-0.39, 0.29) is 0 Å². The van der Waals surface area contributed by atoms with Crippen molar-refractivity contribution in [3.8, 4) is 0 Å². The molecule has 0 aliphatic carbocycles. The molecule has 0 aromatic carbocycles. The number of thiophene rings is 1. The molecule has 0 radical (unpaired) electrons. The zero-order valence-electron chi connectivity index (χ0n) is 8.03. The van der Waals surface area contributed by atoms with Gasteiger partial charge in [0.15, 0.2) is 0 Å². The van der Waals surface area contributed by atoms with E-state index in [9.17, 15) is 0 Å². The number of hydrogen-bond acceptors (Lipinski definition) is 4. The average Bonchev–Trinajstić information content (AvgIpc) is 2.84. The fourth-order valence-electron chi connectivity index (χ4n) is 1.22. The molecule has 0 aliphatic rings. The molecule has 0 aliphatic heterocycles. The van der Waals surface area contributed by atoms with Crippen molar-refractivity contribution in [2.75, 3.05) is 6.54 Å². The predicted molar refractivity (Wildman–Crippen MR) is 63.8 cm³/mol. The van der Waals surface area contributed by atoms with Crippen LogP contribution in [0.25, 0.3) is 0 Å². The molecule has 0 bridgehead atoms. The maximum absolute atomic E-state index is 4.05. The van der Waals surface area contributed by atoms with E-state index < -0.39 is 0 Å². The van der Waals surface area contributed by atoms with Crippen molar-refractivity contribution in [3.63, 3.8) is 0 Å². The van der Waals surface area contributed by atoms with Crippen molar-refractivity contribution in [2.24, 2.45) is 0 Å². The van der Waals surface area contributed by atoms with E-state index in [4.69, 9.17) is 0 Å². The molecule has 4 nitrogen and oxygen atoms in total. The van der Waals surface area contributed by atoms with Gasteiger partial charge in [0.25, 0.3) is 0 Å². The summed E-state index contributed by atoms with van der Waals surface area (Å²) in [5, 5.41) is 12.1. The molecule has 0 saturated heterocycles. The van der Waals surface area contributed by atoms with Crippen LogP contribution in [0.5, 0.6) is 0 Å². The molecule has 2 N–H and O–H groups in total. The Hall–Kier alpha value is -0.720. The summed E-state index contributed by atoms with van der Waals surface area (Å²) in [7, 11) is 0. The molecule has 2 aromatic heterocycles. The van der Waals surface area contributed by atoms with Crippen LogP contribution in [-0.4, -0.2) is 21.7 Å². The van der Waals surface area contributed by atoms with Gasteiger partial charge in [-0.1, -0.05) is 0 Å². The molecule has 0 atom stereocenters. The number of rotatable bonds is 5. The minimum Gasteiger partial charge on any atom is -0.311 e. The van der Waals surface area contributed by atoms with Crippen LogP contribution >= 0.6 is 27.3 Å². The number of nitrogens with one attached hydrogen (secondary N) is 2. The van der Waals surface area contributed by atoms with Crippen LogP contribution in [0.15, 0.2) is 22.2 Å². The number of aromatic amines is 1. The topological polar surface area (TPSA) is 53.6 Å². The summed E-state index contributed by atoms with van der Waals surface area (Å²) >= 11 is 5.18. The minimum absolute atomic E-state index is 0.881. The van der Waals surface area contributed by atoms with Crippen molar-refractivity contribution < 1.29 is 0 Å². The smallest absolute Gasteiger partial charge is 0.137 e. The second-order valence-electron chi connectivity index (χ2n) is 3.09. The highest BCUT2D eigenvalue weighted by Crippen LogP contribution is 2.19. The number of halogens is 1. The van der Waals surface area contributed by atoms with Gasteiger partial charge in [0.05, 0.1) is 0 Å². The third kappa shape index (κ3) is 3.40. The van der Waals surface area contributed by atoms with E-state index in [0.29, 0.717) is 0 Å². The van der Waals surface area contributed by atoms with Crippen LogP contribution in [0.3, 0.4) is 0 Å². The second-order valence-corrected chi connectivity index (χ2v) is 5.00. The highest BCUT2D eigenvalue weighted by Gasteiger charge is 1.98. The Morgan fingerprint density at radius 2 is 2.47 bits per heavy atom. The van der Waals surface area contributed by atoms with E-state index in [1.54, 1.807) is 11.3 Å². The van der Waals surface area contributed by atoms with Crippen LogP contribution in [0.4, 0.5) is 0 Å². The fourth-order valence-corrected chi connectivity index (χ4v) is 2.64. The Morgan fingerprint density at radius 1 is 1.53 bits per heavy atom. The molecule has 0 saturated carbocycles. The van der Waals surface area contributed by atoms with E-state index >= 15 is 0 Å². The molecule has 2 heterocycles. The lowest BCUT2D eigenvalue weighted by molar-refractivity contribution is 0.677. The standard InChI is InChI=1S/C9H11BrN4S/c10-7-3-8(15-5-7)4-11-2-1-9-12-6-13-14-9/h3,5-6,11H,1-2,4H2,(H,12,13,14). The second kappa shape index (κ2) is 5.39. The molecule has 0 fully saturated rings. The van der Waals surface area contributed by atoms with E-state index in [2.05, 4.69) is 47.9 Å². The monoisotopic (exact) mass is 286 g/mol. The summed E-state index contributed by atoms with van der Waals surface area (Å²) in [5.74, 6) is 0.926. The first kappa shape index (κ1) is 10.8. The number of nitrogens with zero attached hydrogens (tertiary/aromatic N) is 2. The number of H-pyrrole nitrogens is 1. The van der Waals surface area contributed by atoms with Gasteiger partial charge in [-0.3, -0.25) is 5.10 Å². The van der Waals surface area contributed by atoms with Gasteiger partial charge in [-0.05, 0) is 22.0 Å². The first-order chi connectivity index (χ1) is 7.34. The minimum atomic E-state index is 0.881. The molecular formula is C9H11BrN4S. The van der Waals surface area contributed by atoms with Crippen molar-refractivity contribution in [1.29, 1.82) is 0 Å². The lowest BCUT2D eigenvalue weighted by Gasteiger charge is -2.00. The van der Waals surface area contributed by atoms with Gasteiger partial charge in [-0.2, -0.15) is 5.10 Å². The van der Waals surface area contributed by atoms with Crippen molar-refractivity contribution in [3.05, 3.63) is 32.9 Å². The van der Waals surface area contributed by atoms with Gasteiger partial charge in [0.1, 0.15) is 12.2 Å². The first-order valence-corrected chi connectivity index (χ1v) is 6.30. The third-order valence-electron chi connectivity index (χ3n) is 1.92. The van der Waals surface area contributed by atoms with Crippen molar-refractivity contribution in [1.82, 2.24) is 20.5 Å². The molecule has 2 rings (SSSR count). The van der Waals surface area contributed by atoms with Gasteiger partial charge in [-0.15, -0.1) is 11.3 Å². The highest BCUT2D eigenvalue weighted by molar-refractivity contribution is 9.10. The van der Waals surface area contributed by atoms with Gasteiger partial charge < -0.3 is 5.32 Å². The molecule has 6 heteroatoms. The zero-order chi connectivity index (χ0) is 10.5. The Bertz CT molecular complexity index is 398. The van der Waals surface area contributed by atoms with Crippen LogP contribution in [0, 0.1) is 0 Å². The summed E-state index contributed by atoms with van der Waals surface area (Å²) < 4.78 is 1.15. The number of hydrogen-bond donors (Lipinski definition) is 2. The summed E-state index contributed by atoms with van der Waals surface area (Å²) in [5.41, 5.74) is 0. The van der Waals surface area contributed by atoms with Crippen molar-refractivity contribution in [2.45, 2.75) is 13.0 Å². The van der Waals surface area contributed by atoms with Crippen LogP contribution in [0.2, 0.25) is 0 Å². The number of aromatic nitrogens is 3. The normalized spacial score (nSPS) is 10.7. The quantitative estimate of drug-likeness (QED) is 0.827. The third-order valence-corrected chi connectivity index (χ3v) is 3.62. The van der Waals surface area contributed by atoms with E-state index in [1.165, 1.54) is 11.2 Å². The SMILES string of the molecule is Brc1csc(CNCCc2ncn[nH]2)c1. The summed E-state index contributed by atoms with van der Waals surface area (Å²) in [6, 6.07) is 2.13. The lowest BCUT2D eigenvalue weighted by Crippen LogP contribution is -2.16. The summed E-state index contributed by atoms with van der Waals surface area (Å²) in [4.78, 5) is 5.39. The van der Waals surface area contributed by atoms with Gasteiger partial charge >= 0.3 is 0 Å². The van der Waals surface area contributed by atoms with E-state index in [1.807, 2.05) is 0 Å². The van der Waals surface area contributed by atoms with Crippen LogP contribution in [0.1, 0.15) is 10.7 Å². The van der Waals surface area contributed by atoms with Gasteiger partial charge in [0.2, 0.25) is 0 Å². The Balaban J connectivity index is 1.67. The molecule has 15 heavy (non-hydrogen) atoms. The first-order valence-electron chi connectivity index (χ1n) is 4.62. The van der Waals surface area contributed by atoms with Crippen LogP contribution in [-0.2, 0) is 13.0 Å². The van der Waals surface area contributed by atoms with Gasteiger partial charge in [-0.25, -0.2) is 4.98 Å². The van der Waals surface area contributed by atoms with E-state index in [0.717, 1.165) is 29.8 Å². The molecule has 0 unspecified atom stereocenters. The molecular weight excluding hydrogens is 276 g/mol. The zero-order valence-corrected chi connectivity index (χ0v) is 10.4. The van der Waals surface area contributed by atoms with Crippen LogP contribution < -0.4 is 5.32 Å². The maximum Gasteiger partial charge on any atom is 0.137 e. The summed E-state index contributed by atoms with van der Waals surface area (Å²) in [6.45, 7) is 1.81. The Kier molecular flexibility index (Phi) is 3.87. The Morgan fingerprint density at radius 3 is 3.13 bits per heavy atom. The van der Waals surface area contributed by atoms with Crippen molar-refractivity contribution >= 4 is 27.3 Å². The maximum atomic E-state index is 4.05. The molecule has 2 aromatic rings. The molecule has 0 amide bonds. The Labute approximate surface area is 100 Å². The van der Waals surface area contributed by atoms with Gasteiger partial charge in [0, 0.05) is 34.2 Å². The fraction of sp³-hybridized carbons (Fsp3) is 0.333. The predicted octanol–water partition coefficient (Wildman–Crippen LogP) is 1.96. The molecule has 0 spiro atoms. The highest BCUT2D eigenvalue weighted by atomic mass is 79.9. The largest absolute Gasteiger partial charge is 0.311 e. The summed E-state index contributed by atoms with van der Waals surface area (Å²) in [6.07, 6.45) is 2.41.